The minimum Gasteiger partial charge on any atom is -0.332 e. The topological polar surface area (TPSA) is 64.6 Å². The van der Waals surface area contributed by atoms with E-state index in [-0.39, 0.29) is 13.2 Å². The van der Waals surface area contributed by atoms with Gasteiger partial charge in [-0.3, -0.25) is 9.36 Å². The second-order valence-corrected chi connectivity index (χ2v) is 10.3. The zero-order chi connectivity index (χ0) is 22.0. The summed E-state index contributed by atoms with van der Waals surface area (Å²) in [6, 6.07) is 8.61. The van der Waals surface area contributed by atoms with Crippen molar-refractivity contribution in [2.75, 3.05) is 13.2 Å². The van der Waals surface area contributed by atoms with Crippen LogP contribution in [0.1, 0.15) is 23.2 Å². The lowest BCUT2D eigenvalue weighted by molar-refractivity contribution is -0.120. The molecule has 5 nitrogen and oxygen atoms in total. The van der Waals surface area contributed by atoms with Crippen LogP contribution in [0.2, 0.25) is 5.02 Å². The minimum absolute atomic E-state index is 0.217. The molecule has 31 heavy (non-hydrogen) atoms. The first kappa shape index (κ1) is 22.1. The molecular formula is C21H17ClF2NO4PS. The van der Waals surface area contributed by atoms with Crippen molar-refractivity contribution in [2.24, 2.45) is 0 Å². The SMILES string of the molecule is O=C(NC=Cc1ccc(F)c(F)c1)C(c1csc2ccc(Cl)cc12)P1(=O)OCCCO1. The predicted molar refractivity (Wildman–Crippen MR) is 117 cm³/mol. The molecule has 1 atom stereocenters. The number of amides is 1. The molecule has 1 amide bonds. The van der Waals surface area contributed by atoms with Crippen LogP contribution >= 0.6 is 30.5 Å². The Hall–Kier alpha value is -2.09. The zero-order valence-electron chi connectivity index (χ0n) is 16.0. The van der Waals surface area contributed by atoms with Crippen molar-refractivity contribution in [3.8, 4) is 0 Å². The van der Waals surface area contributed by atoms with Crippen LogP contribution in [0.25, 0.3) is 16.2 Å². The number of hydrogen-bond acceptors (Lipinski definition) is 5. The summed E-state index contributed by atoms with van der Waals surface area (Å²) >= 11 is 7.52. The highest BCUT2D eigenvalue weighted by Crippen LogP contribution is 2.63. The Bertz CT molecular complexity index is 1210. The fourth-order valence-corrected chi connectivity index (χ4v) is 6.53. The van der Waals surface area contributed by atoms with Gasteiger partial charge in [-0.05, 0) is 64.7 Å². The van der Waals surface area contributed by atoms with Crippen LogP contribution in [0.3, 0.4) is 0 Å². The van der Waals surface area contributed by atoms with Crippen molar-refractivity contribution in [3.05, 3.63) is 75.8 Å². The van der Waals surface area contributed by atoms with E-state index in [0.29, 0.717) is 28.0 Å². The number of hydrogen-bond donors (Lipinski definition) is 1. The van der Waals surface area contributed by atoms with E-state index < -0.39 is 30.8 Å². The van der Waals surface area contributed by atoms with Gasteiger partial charge in [0.15, 0.2) is 17.3 Å². The number of thiophene rings is 1. The highest BCUT2D eigenvalue weighted by molar-refractivity contribution is 7.55. The summed E-state index contributed by atoms with van der Waals surface area (Å²) in [6.07, 6.45) is 3.25. The lowest BCUT2D eigenvalue weighted by atomic mass is 10.1. The number of fused-ring (bicyclic) bond motifs is 1. The van der Waals surface area contributed by atoms with Gasteiger partial charge in [-0.2, -0.15) is 0 Å². The third kappa shape index (κ3) is 4.73. The van der Waals surface area contributed by atoms with Crippen LogP contribution in [0.4, 0.5) is 8.78 Å². The van der Waals surface area contributed by atoms with Gasteiger partial charge in [-0.25, -0.2) is 8.78 Å². The molecule has 1 aromatic heterocycles. The number of carbonyl (C=O) groups is 1. The monoisotopic (exact) mass is 483 g/mol. The Morgan fingerprint density at radius 3 is 2.68 bits per heavy atom. The molecule has 1 fully saturated rings. The van der Waals surface area contributed by atoms with Gasteiger partial charge in [0.25, 0.3) is 0 Å². The van der Waals surface area contributed by atoms with E-state index >= 15 is 0 Å². The highest BCUT2D eigenvalue weighted by Gasteiger charge is 2.45. The quantitative estimate of drug-likeness (QED) is 0.433. The largest absolute Gasteiger partial charge is 0.347 e. The number of halogens is 3. The Labute approximate surface area is 186 Å². The summed E-state index contributed by atoms with van der Waals surface area (Å²) < 4.78 is 51.7. The summed E-state index contributed by atoms with van der Waals surface area (Å²) in [7, 11) is -3.81. The average molecular weight is 484 g/mol. The van der Waals surface area contributed by atoms with Crippen LogP contribution in [0.5, 0.6) is 0 Å². The maximum Gasteiger partial charge on any atom is 0.347 e. The molecule has 0 spiro atoms. The molecule has 1 saturated heterocycles. The van der Waals surface area contributed by atoms with E-state index in [1.807, 2.05) is 6.07 Å². The second-order valence-electron chi connectivity index (χ2n) is 6.81. The van der Waals surface area contributed by atoms with E-state index in [1.165, 1.54) is 29.7 Å². The molecule has 1 unspecified atom stereocenters. The third-order valence-corrected chi connectivity index (χ3v) is 8.15. The molecule has 2 aromatic carbocycles. The molecule has 1 N–H and O–H groups in total. The van der Waals surface area contributed by atoms with Crippen molar-refractivity contribution in [2.45, 2.75) is 12.1 Å². The summed E-state index contributed by atoms with van der Waals surface area (Å²) in [6.45, 7) is 0.434. The second kappa shape index (κ2) is 9.18. The van der Waals surface area contributed by atoms with Crippen LogP contribution in [-0.2, 0) is 18.4 Å². The van der Waals surface area contributed by atoms with Gasteiger partial charge in [0.2, 0.25) is 5.91 Å². The van der Waals surface area contributed by atoms with Crippen molar-refractivity contribution >= 4 is 52.6 Å². The van der Waals surface area contributed by atoms with E-state index in [0.717, 1.165) is 16.8 Å². The molecule has 3 aromatic rings. The molecule has 1 aliphatic heterocycles. The Morgan fingerprint density at radius 1 is 1.16 bits per heavy atom. The van der Waals surface area contributed by atoms with Gasteiger partial charge in [-0.1, -0.05) is 17.7 Å². The van der Waals surface area contributed by atoms with Gasteiger partial charge < -0.3 is 14.4 Å². The predicted octanol–water partition coefficient (Wildman–Crippen LogP) is 6.29. The summed E-state index contributed by atoms with van der Waals surface area (Å²) in [5, 5.41) is 5.47. The first-order valence-electron chi connectivity index (χ1n) is 9.35. The maximum atomic E-state index is 13.5. The van der Waals surface area contributed by atoms with E-state index in [4.69, 9.17) is 20.6 Å². The molecule has 10 heteroatoms. The fourth-order valence-electron chi connectivity index (χ4n) is 3.23. The fraction of sp³-hybridized carbons (Fsp3) is 0.190. The lowest BCUT2D eigenvalue weighted by Gasteiger charge is -2.29. The first-order valence-corrected chi connectivity index (χ1v) is 12.2. The third-order valence-electron chi connectivity index (χ3n) is 4.70. The lowest BCUT2D eigenvalue weighted by Crippen LogP contribution is -2.28. The molecule has 0 aliphatic carbocycles. The summed E-state index contributed by atoms with van der Waals surface area (Å²) in [4.78, 5) is 13.1. The average Bonchev–Trinajstić information content (AvgIpc) is 3.14. The van der Waals surface area contributed by atoms with Crippen LogP contribution in [0.15, 0.2) is 48.0 Å². The van der Waals surface area contributed by atoms with Gasteiger partial charge in [0.1, 0.15) is 0 Å². The number of rotatable bonds is 5. The number of benzene rings is 2. The molecule has 2 heterocycles. The molecule has 0 saturated carbocycles. The molecule has 162 valence electrons. The van der Waals surface area contributed by atoms with Gasteiger partial charge >= 0.3 is 7.60 Å². The van der Waals surface area contributed by atoms with Crippen molar-refractivity contribution in [3.63, 3.8) is 0 Å². The van der Waals surface area contributed by atoms with E-state index in [2.05, 4.69) is 5.32 Å². The normalized spacial score (nSPS) is 17.1. The van der Waals surface area contributed by atoms with E-state index in [9.17, 15) is 18.1 Å². The maximum absolute atomic E-state index is 13.5. The standard InChI is InChI=1S/C21H17ClF2NO4PS/c22-14-3-5-19-15(11-14)16(12-31-19)20(30(27)28-8-1-9-29-30)21(26)25-7-6-13-2-4-17(23)18(24)10-13/h2-7,10-12,20H,1,8-9H2,(H,25,26). The van der Waals surface area contributed by atoms with Crippen LogP contribution in [0, 0.1) is 11.6 Å². The number of nitrogens with one attached hydrogen (secondary N) is 1. The molecular weight excluding hydrogens is 467 g/mol. The van der Waals surface area contributed by atoms with Gasteiger partial charge in [0.05, 0.1) is 13.2 Å². The molecule has 1 aliphatic rings. The van der Waals surface area contributed by atoms with Crippen molar-refractivity contribution in [1.82, 2.24) is 5.32 Å². The number of carbonyl (C=O) groups excluding carboxylic acids is 1. The zero-order valence-corrected chi connectivity index (χ0v) is 18.5. The molecule has 0 bridgehead atoms. The van der Waals surface area contributed by atoms with E-state index in [1.54, 1.807) is 17.5 Å². The van der Waals surface area contributed by atoms with Crippen LogP contribution in [-0.4, -0.2) is 19.1 Å². The summed E-state index contributed by atoms with van der Waals surface area (Å²) in [5.74, 6) is -2.57. The van der Waals surface area contributed by atoms with Gasteiger partial charge in [-0.15, -0.1) is 11.3 Å². The Kier molecular flexibility index (Phi) is 6.55. The highest BCUT2D eigenvalue weighted by atomic mass is 35.5. The Balaban J connectivity index is 1.66. The van der Waals surface area contributed by atoms with Gasteiger partial charge in [0, 0.05) is 15.9 Å². The smallest absolute Gasteiger partial charge is 0.332 e. The summed E-state index contributed by atoms with van der Waals surface area (Å²) in [5.41, 5.74) is -0.374. The van der Waals surface area contributed by atoms with Crippen molar-refractivity contribution < 1.29 is 27.2 Å². The first-order chi connectivity index (χ1) is 14.9. The Morgan fingerprint density at radius 2 is 1.94 bits per heavy atom. The van der Waals surface area contributed by atoms with Crippen molar-refractivity contribution in [1.29, 1.82) is 0 Å². The molecule has 4 rings (SSSR count). The van der Waals surface area contributed by atoms with Crippen LogP contribution < -0.4 is 5.32 Å². The molecule has 0 radical (unpaired) electrons. The minimum atomic E-state index is -3.81.